The lowest BCUT2D eigenvalue weighted by Crippen LogP contribution is -2.33. The Labute approximate surface area is 100 Å². The number of hydrogen-bond donors (Lipinski definition) is 1. The normalized spacial score (nSPS) is 14.9. The molecule has 0 aromatic carbocycles. The summed E-state index contributed by atoms with van der Waals surface area (Å²) in [5.41, 5.74) is 7.17. The molecule has 6 nitrogen and oxygen atoms in total. The van der Waals surface area contributed by atoms with E-state index in [9.17, 15) is 4.79 Å². The van der Waals surface area contributed by atoms with Gasteiger partial charge < -0.3 is 10.5 Å². The SMILES string of the molecule is Cn1nc2c(c1N)CN(C(=O)OC(C)(C)C)C2. The summed E-state index contributed by atoms with van der Waals surface area (Å²) in [6.45, 7) is 6.49. The van der Waals surface area contributed by atoms with Gasteiger partial charge in [-0.2, -0.15) is 5.10 Å². The molecule has 2 N–H and O–H groups in total. The van der Waals surface area contributed by atoms with Crippen LogP contribution < -0.4 is 5.73 Å². The van der Waals surface area contributed by atoms with Crippen molar-refractivity contribution >= 4 is 11.9 Å². The second-order valence-electron chi connectivity index (χ2n) is 5.27. The van der Waals surface area contributed by atoms with Crippen LogP contribution in [0.1, 0.15) is 32.0 Å². The van der Waals surface area contributed by atoms with Gasteiger partial charge in [-0.15, -0.1) is 0 Å². The summed E-state index contributed by atoms with van der Waals surface area (Å²) in [6.07, 6.45) is -0.322. The lowest BCUT2D eigenvalue weighted by Gasteiger charge is -2.24. The van der Waals surface area contributed by atoms with Gasteiger partial charge in [-0.05, 0) is 20.8 Å². The van der Waals surface area contributed by atoms with Crippen molar-refractivity contribution in [3.05, 3.63) is 11.3 Å². The van der Waals surface area contributed by atoms with E-state index in [-0.39, 0.29) is 6.09 Å². The number of nitrogens with two attached hydrogens (primary N) is 1. The van der Waals surface area contributed by atoms with Gasteiger partial charge in [-0.25, -0.2) is 4.79 Å². The second kappa shape index (κ2) is 3.65. The van der Waals surface area contributed by atoms with Crippen molar-refractivity contribution in [2.45, 2.75) is 39.5 Å². The number of rotatable bonds is 0. The van der Waals surface area contributed by atoms with Gasteiger partial charge in [0.25, 0.3) is 0 Å². The highest BCUT2D eigenvalue weighted by atomic mass is 16.6. The molecule has 1 aromatic heterocycles. The molecule has 0 unspecified atom stereocenters. The van der Waals surface area contributed by atoms with Crippen LogP contribution in [0.5, 0.6) is 0 Å². The molecule has 0 saturated heterocycles. The maximum Gasteiger partial charge on any atom is 0.410 e. The van der Waals surface area contributed by atoms with Crippen LogP contribution in [0, 0.1) is 0 Å². The van der Waals surface area contributed by atoms with E-state index in [1.807, 2.05) is 20.8 Å². The molecule has 1 amide bonds. The quantitative estimate of drug-likeness (QED) is 0.738. The summed E-state index contributed by atoms with van der Waals surface area (Å²) in [5, 5.41) is 4.26. The van der Waals surface area contributed by atoms with Gasteiger partial charge in [-0.3, -0.25) is 9.58 Å². The zero-order valence-electron chi connectivity index (χ0n) is 10.6. The highest BCUT2D eigenvalue weighted by Gasteiger charge is 2.31. The molecule has 0 spiro atoms. The number of hydrogen-bond acceptors (Lipinski definition) is 4. The first-order valence-electron chi connectivity index (χ1n) is 5.56. The van der Waals surface area contributed by atoms with Crippen LogP contribution in [-0.4, -0.2) is 26.4 Å². The van der Waals surface area contributed by atoms with Crippen LogP contribution in [0.3, 0.4) is 0 Å². The van der Waals surface area contributed by atoms with E-state index in [4.69, 9.17) is 10.5 Å². The Kier molecular flexibility index (Phi) is 2.52. The van der Waals surface area contributed by atoms with Gasteiger partial charge in [0.2, 0.25) is 0 Å². The number of fused-ring (bicyclic) bond motifs is 1. The van der Waals surface area contributed by atoms with Gasteiger partial charge in [-0.1, -0.05) is 0 Å². The standard InChI is InChI=1S/C11H18N4O2/c1-11(2,3)17-10(16)15-5-7-8(6-15)13-14(4)9(7)12/h5-6,12H2,1-4H3. The van der Waals surface area contributed by atoms with Crippen molar-refractivity contribution in [1.29, 1.82) is 0 Å². The lowest BCUT2D eigenvalue weighted by molar-refractivity contribution is 0.0239. The summed E-state index contributed by atoms with van der Waals surface area (Å²) in [4.78, 5) is 13.5. The zero-order valence-corrected chi connectivity index (χ0v) is 10.6. The number of anilines is 1. The molecule has 1 aliphatic heterocycles. The Morgan fingerprint density at radius 1 is 1.41 bits per heavy atom. The van der Waals surface area contributed by atoms with Crippen molar-refractivity contribution in [1.82, 2.24) is 14.7 Å². The molecule has 2 heterocycles. The highest BCUT2D eigenvalue weighted by Crippen LogP contribution is 2.27. The van der Waals surface area contributed by atoms with E-state index < -0.39 is 5.60 Å². The summed E-state index contributed by atoms with van der Waals surface area (Å²) in [5.74, 6) is 0.617. The van der Waals surface area contributed by atoms with E-state index in [1.165, 1.54) is 0 Å². The number of carbonyl (C=O) groups is 1. The molecule has 0 fully saturated rings. The van der Waals surface area contributed by atoms with Crippen molar-refractivity contribution in [2.75, 3.05) is 5.73 Å². The van der Waals surface area contributed by atoms with E-state index in [1.54, 1.807) is 16.6 Å². The largest absolute Gasteiger partial charge is 0.444 e. The first-order chi connectivity index (χ1) is 7.78. The zero-order chi connectivity index (χ0) is 12.8. The van der Waals surface area contributed by atoms with Gasteiger partial charge in [0.1, 0.15) is 11.4 Å². The molecule has 0 atom stereocenters. The average Bonchev–Trinajstić information content (AvgIpc) is 2.66. The monoisotopic (exact) mass is 238 g/mol. The first-order valence-corrected chi connectivity index (χ1v) is 5.56. The number of nitrogens with zero attached hydrogens (tertiary/aromatic N) is 3. The fraction of sp³-hybridized carbons (Fsp3) is 0.636. The van der Waals surface area contributed by atoms with Gasteiger partial charge >= 0.3 is 6.09 Å². The highest BCUT2D eigenvalue weighted by molar-refractivity contribution is 5.70. The molecule has 2 rings (SSSR count). The molecule has 6 heteroatoms. The fourth-order valence-corrected chi connectivity index (χ4v) is 1.82. The molecular weight excluding hydrogens is 220 g/mol. The molecule has 0 bridgehead atoms. The van der Waals surface area contributed by atoms with E-state index in [0.29, 0.717) is 18.9 Å². The van der Waals surface area contributed by atoms with Crippen LogP contribution in [0.4, 0.5) is 10.6 Å². The number of carbonyl (C=O) groups excluding carboxylic acids is 1. The molecule has 17 heavy (non-hydrogen) atoms. The number of aromatic nitrogens is 2. The minimum Gasteiger partial charge on any atom is -0.444 e. The second-order valence-corrected chi connectivity index (χ2v) is 5.27. The Hall–Kier alpha value is -1.72. The third kappa shape index (κ3) is 2.20. The molecule has 1 aliphatic rings. The number of amides is 1. The first kappa shape index (κ1) is 11.8. The summed E-state index contributed by atoms with van der Waals surface area (Å²) in [6, 6.07) is 0. The minimum atomic E-state index is -0.479. The summed E-state index contributed by atoms with van der Waals surface area (Å²) >= 11 is 0. The molecular formula is C11H18N4O2. The predicted octanol–water partition coefficient (Wildman–Crippen LogP) is 1.25. The molecule has 0 aliphatic carbocycles. The Morgan fingerprint density at radius 3 is 2.59 bits per heavy atom. The van der Waals surface area contributed by atoms with Gasteiger partial charge in [0.05, 0.1) is 18.8 Å². The topological polar surface area (TPSA) is 73.4 Å². The van der Waals surface area contributed by atoms with E-state index in [2.05, 4.69) is 5.10 Å². The Bertz CT molecular complexity index is 459. The molecule has 0 radical (unpaired) electrons. The van der Waals surface area contributed by atoms with Gasteiger partial charge in [0.15, 0.2) is 0 Å². The van der Waals surface area contributed by atoms with Crippen LogP contribution in [0.2, 0.25) is 0 Å². The Morgan fingerprint density at radius 2 is 2.06 bits per heavy atom. The van der Waals surface area contributed by atoms with Crippen LogP contribution in [0.25, 0.3) is 0 Å². The van der Waals surface area contributed by atoms with Crippen LogP contribution >= 0.6 is 0 Å². The average molecular weight is 238 g/mol. The maximum absolute atomic E-state index is 11.9. The minimum absolute atomic E-state index is 0.322. The molecule has 0 saturated carbocycles. The number of ether oxygens (including phenoxy) is 1. The predicted molar refractivity (Wildman–Crippen MR) is 63.1 cm³/mol. The van der Waals surface area contributed by atoms with Crippen LogP contribution in [-0.2, 0) is 24.9 Å². The maximum atomic E-state index is 11.9. The Balaban J connectivity index is 2.08. The van der Waals surface area contributed by atoms with Crippen molar-refractivity contribution in [3.63, 3.8) is 0 Å². The molecule has 94 valence electrons. The van der Waals surface area contributed by atoms with Crippen LogP contribution in [0.15, 0.2) is 0 Å². The van der Waals surface area contributed by atoms with Crippen molar-refractivity contribution in [3.8, 4) is 0 Å². The van der Waals surface area contributed by atoms with E-state index in [0.717, 1.165) is 11.3 Å². The fourth-order valence-electron chi connectivity index (χ4n) is 1.82. The van der Waals surface area contributed by atoms with Crippen molar-refractivity contribution < 1.29 is 9.53 Å². The molecule has 1 aromatic rings. The smallest absolute Gasteiger partial charge is 0.410 e. The summed E-state index contributed by atoms with van der Waals surface area (Å²) in [7, 11) is 1.80. The number of aryl methyl sites for hydroxylation is 1. The number of nitrogen functional groups attached to an aromatic ring is 1. The van der Waals surface area contributed by atoms with E-state index >= 15 is 0 Å². The van der Waals surface area contributed by atoms with Gasteiger partial charge in [0, 0.05) is 12.6 Å². The third-order valence-corrected chi connectivity index (χ3v) is 2.62. The van der Waals surface area contributed by atoms with Crippen molar-refractivity contribution in [2.24, 2.45) is 7.05 Å². The summed E-state index contributed by atoms with van der Waals surface area (Å²) < 4.78 is 6.94. The lowest BCUT2D eigenvalue weighted by atomic mass is 10.2. The third-order valence-electron chi connectivity index (χ3n) is 2.62.